The molecule has 0 aliphatic carbocycles. The van der Waals surface area contributed by atoms with Crippen LogP contribution in [-0.4, -0.2) is 0 Å². The highest BCUT2D eigenvalue weighted by molar-refractivity contribution is 5.47. The van der Waals surface area contributed by atoms with Gasteiger partial charge in [-0.05, 0) is 46.9 Å². The summed E-state index contributed by atoms with van der Waals surface area (Å²) < 4.78 is 5.82. The van der Waals surface area contributed by atoms with E-state index in [1.54, 1.807) is 0 Å². The fraction of sp³-hybridized carbons (Fsp3) is 0.217. The van der Waals surface area contributed by atoms with Crippen LogP contribution >= 0.6 is 0 Å². The van der Waals surface area contributed by atoms with Gasteiger partial charge in [-0.2, -0.15) is 0 Å². The molecule has 0 atom stereocenters. The van der Waals surface area contributed by atoms with E-state index in [0.29, 0.717) is 12.5 Å². The first-order valence-electron chi connectivity index (χ1n) is 8.80. The maximum Gasteiger partial charge on any atom is 0.119 e. The summed E-state index contributed by atoms with van der Waals surface area (Å²) >= 11 is 0. The van der Waals surface area contributed by atoms with Crippen LogP contribution in [0.4, 0.5) is 5.69 Å². The molecule has 0 aromatic heterocycles. The quantitative estimate of drug-likeness (QED) is 0.573. The molecule has 3 aromatic rings. The van der Waals surface area contributed by atoms with Crippen LogP contribution in [0.3, 0.4) is 0 Å². The van der Waals surface area contributed by atoms with Crippen LogP contribution in [0.1, 0.15) is 36.5 Å². The summed E-state index contributed by atoms with van der Waals surface area (Å²) in [7, 11) is 0. The Morgan fingerprint density at radius 1 is 0.760 bits per heavy atom. The van der Waals surface area contributed by atoms with Crippen LogP contribution in [0.15, 0.2) is 78.9 Å². The first-order chi connectivity index (χ1) is 12.2. The van der Waals surface area contributed by atoms with Crippen LogP contribution in [0.5, 0.6) is 5.75 Å². The van der Waals surface area contributed by atoms with Crippen molar-refractivity contribution in [2.24, 2.45) is 0 Å². The lowest BCUT2D eigenvalue weighted by Crippen LogP contribution is -2.00. The molecule has 0 spiro atoms. The average molecular weight is 331 g/mol. The highest BCUT2D eigenvalue weighted by Gasteiger charge is 2.00. The molecule has 0 unspecified atom stereocenters. The summed E-state index contributed by atoms with van der Waals surface area (Å²) in [5.41, 5.74) is 4.94. The molecule has 0 saturated carbocycles. The molecule has 2 nitrogen and oxygen atoms in total. The Morgan fingerprint density at radius 2 is 1.44 bits per heavy atom. The van der Waals surface area contributed by atoms with Gasteiger partial charge in [0.25, 0.3) is 0 Å². The lowest BCUT2D eigenvalue weighted by molar-refractivity contribution is 0.306. The lowest BCUT2D eigenvalue weighted by Gasteiger charge is -2.10. The molecule has 0 fully saturated rings. The zero-order valence-corrected chi connectivity index (χ0v) is 14.9. The van der Waals surface area contributed by atoms with Gasteiger partial charge in [0.15, 0.2) is 0 Å². The minimum absolute atomic E-state index is 0.574. The first-order valence-corrected chi connectivity index (χ1v) is 8.80. The van der Waals surface area contributed by atoms with Crippen molar-refractivity contribution in [1.29, 1.82) is 0 Å². The SMILES string of the molecule is CC(C)c1ccc(CNc2ccc(OCc3ccccc3)cc2)cc1. The van der Waals surface area contributed by atoms with Gasteiger partial charge in [0, 0.05) is 12.2 Å². The van der Waals surface area contributed by atoms with E-state index in [0.717, 1.165) is 18.0 Å². The monoisotopic (exact) mass is 331 g/mol. The number of hydrogen-bond donors (Lipinski definition) is 1. The second-order valence-corrected chi connectivity index (χ2v) is 6.55. The molecule has 3 aromatic carbocycles. The van der Waals surface area contributed by atoms with Crippen molar-refractivity contribution in [1.82, 2.24) is 0 Å². The number of nitrogens with one attached hydrogen (secondary N) is 1. The Balaban J connectivity index is 1.50. The second kappa shape index (κ2) is 8.39. The van der Waals surface area contributed by atoms with E-state index in [-0.39, 0.29) is 0 Å². The molecule has 0 radical (unpaired) electrons. The maximum atomic E-state index is 5.82. The largest absolute Gasteiger partial charge is 0.489 e. The predicted octanol–water partition coefficient (Wildman–Crippen LogP) is 6.00. The van der Waals surface area contributed by atoms with E-state index in [4.69, 9.17) is 4.74 Å². The molecule has 3 rings (SSSR count). The Hall–Kier alpha value is -2.74. The Labute approximate surface area is 150 Å². The topological polar surface area (TPSA) is 21.3 Å². The molecule has 1 N–H and O–H groups in total. The minimum Gasteiger partial charge on any atom is -0.489 e. The van der Waals surface area contributed by atoms with E-state index >= 15 is 0 Å². The summed E-state index contributed by atoms with van der Waals surface area (Å²) in [6.45, 7) is 5.85. The fourth-order valence-corrected chi connectivity index (χ4v) is 2.63. The van der Waals surface area contributed by atoms with Gasteiger partial charge in [-0.15, -0.1) is 0 Å². The Kier molecular flexibility index (Phi) is 5.73. The van der Waals surface area contributed by atoms with E-state index < -0.39 is 0 Å². The summed E-state index contributed by atoms with van der Waals surface area (Å²) in [5, 5.41) is 3.46. The van der Waals surface area contributed by atoms with Gasteiger partial charge < -0.3 is 10.1 Å². The summed E-state index contributed by atoms with van der Waals surface area (Å²) in [5.74, 6) is 1.46. The van der Waals surface area contributed by atoms with Crippen LogP contribution in [-0.2, 0) is 13.2 Å². The molecule has 0 amide bonds. The van der Waals surface area contributed by atoms with Crippen molar-refractivity contribution in [3.05, 3.63) is 95.6 Å². The van der Waals surface area contributed by atoms with Gasteiger partial charge in [-0.3, -0.25) is 0 Å². The molecule has 25 heavy (non-hydrogen) atoms. The molecular formula is C23H25NO. The third kappa shape index (κ3) is 5.12. The zero-order chi connectivity index (χ0) is 17.5. The standard InChI is InChI=1S/C23H25NO/c1-18(2)21-10-8-19(9-11-21)16-24-22-12-14-23(15-13-22)25-17-20-6-4-3-5-7-20/h3-15,18,24H,16-17H2,1-2H3. The highest BCUT2D eigenvalue weighted by atomic mass is 16.5. The van der Waals surface area contributed by atoms with Crippen molar-refractivity contribution in [3.8, 4) is 5.75 Å². The van der Waals surface area contributed by atoms with E-state index in [1.165, 1.54) is 16.7 Å². The predicted molar refractivity (Wildman–Crippen MR) is 105 cm³/mol. The third-order valence-corrected chi connectivity index (χ3v) is 4.25. The molecule has 0 heterocycles. The minimum atomic E-state index is 0.574. The molecule has 0 saturated heterocycles. The summed E-state index contributed by atoms with van der Waals surface area (Å²) in [4.78, 5) is 0. The van der Waals surface area contributed by atoms with E-state index in [1.807, 2.05) is 30.3 Å². The molecule has 128 valence electrons. The molecular weight excluding hydrogens is 306 g/mol. The van der Waals surface area contributed by atoms with Gasteiger partial charge in [0.05, 0.1) is 0 Å². The summed E-state index contributed by atoms with van der Waals surface area (Å²) in [6.07, 6.45) is 0. The third-order valence-electron chi connectivity index (χ3n) is 4.25. The van der Waals surface area contributed by atoms with Crippen molar-refractivity contribution < 1.29 is 4.74 Å². The van der Waals surface area contributed by atoms with Crippen LogP contribution in [0.25, 0.3) is 0 Å². The number of anilines is 1. The zero-order valence-electron chi connectivity index (χ0n) is 14.9. The number of rotatable bonds is 7. The maximum absolute atomic E-state index is 5.82. The van der Waals surface area contributed by atoms with Gasteiger partial charge in [0.1, 0.15) is 12.4 Å². The normalized spacial score (nSPS) is 10.7. The van der Waals surface area contributed by atoms with Crippen LogP contribution < -0.4 is 10.1 Å². The first kappa shape index (κ1) is 17.1. The molecule has 2 heteroatoms. The van der Waals surface area contributed by atoms with Crippen LogP contribution in [0.2, 0.25) is 0 Å². The Morgan fingerprint density at radius 3 is 2.08 bits per heavy atom. The van der Waals surface area contributed by atoms with Crippen LogP contribution in [0, 0.1) is 0 Å². The number of hydrogen-bond acceptors (Lipinski definition) is 2. The second-order valence-electron chi connectivity index (χ2n) is 6.55. The summed E-state index contributed by atoms with van der Waals surface area (Å²) in [6, 6.07) is 27.1. The molecule has 0 aliphatic heterocycles. The highest BCUT2D eigenvalue weighted by Crippen LogP contribution is 2.19. The number of benzene rings is 3. The lowest BCUT2D eigenvalue weighted by atomic mass is 10.0. The average Bonchev–Trinajstić information content (AvgIpc) is 2.67. The molecule has 0 aliphatic rings. The fourth-order valence-electron chi connectivity index (χ4n) is 2.63. The Bertz CT molecular complexity index is 761. The molecule has 0 bridgehead atoms. The van der Waals surface area contributed by atoms with Crippen molar-refractivity contribution in [3.63, 3.8) is 0 Å². The van der Waals surface area contributed by atoms with Crippen molar-refractivity contribution in [2.45, 2.75) is 32.9 Å². The van der Waals surface area contributed by atoms with Crippen molar-refractivity contribution >= 4 is 5.69 Å². The van der Waals surface area contributed by atoms with Gasteiger partial charge in [-0.25, -0.2) is 0 Å². The van der Waals surface area contributed by atoms with E-state index in [2.05, 4.69) is 67.7 Å². The van der Waals surface area contributed by atoms with Gasteiger partial charge in [-0.1, -0.05) is 68.4 Å². The number of ether oxygens (including phenoxy) is 1. The van der Waals surface area contributed by atoms with Gasteiger partial charge >= 0.3 is 0 Å². The smallest absolute Gasteiger partial charge is 0.119 e. The van der Waals surface area contributed by atoms with E-state index in [9.17, 15) is 0 Å². The van der Waals surface area contributed by atoms with Gasteiger partial charge in [0.2, 0.25) is 0 Å². The van der Waals surface area contributed by atoms with Crippen molar-refractivity contribution in [2.75, 3.05) is 5.32 Å².